The number of rotatable bonds is 6. The number of hydrogen-bond donors (Lipinski definition) is 2. The normalized spacial score (nSPS) is 10.3. The first-order chi connectivity index (χ1) is 12.1. The predicted octanol–water partition coefficient (Wildman–Crippen LogP) is 2.48. The third kappa shape index (κ3) is 5.91. The van der Waals surface area contributed by atoms with E-state index in [9.17, 15) is 14.0 Å². The molecule has 0 spiro atoms. The highest BCUT2D eigenvalue weighted by molar-refractivity contribution is 6.39. The number of nitrogens with one attached hydrogen (secondary N) is 2. The molecule has 7 heteroatoms. The first-order valence-corrected chi connectivity index (χ1v) is 7.32. The van der Waals surface area contributed by atoms with Crippen LogP contribution in [0.5, 0.6) is 5.75 Å². The number of anilines is 1. The van der Waals surface area contributed by atoms with Crippen LogP contribution in [-0.4, -0.2) is 24.6 Å². The molecule has 0 aliphatic heterocycles. The lowest BCUT2D eigenvalue weighted by Gasteiger charge is -2.04. The molecule has 25 heavy (non-hydrogen) atoms. The average Bonchev–Trinajstić information content (AvgIpc) is 2.62. The van der Waals surface area contributed by atoms with Crippen LogP contribution >= 0.6 is 0 Å². The maximum Gasteiger partial charge on any atom is 0.329 e. The zero-order valence-electron chi connectivity index (χ0n) is 13.2. The molecule has 0 heterocycles. The van der Waals surface area contributed by atoms with Gasteiger partial charge in [-0.15, -0.1) is 0 Å². The number of carbonyl (C=O) groups is 2. The fourth-order valence-corrected chi connectivity index (χ4v) is 1.78. The minimum atomic E-state index is -0.945. The van der Waals surface area contributed by atoms with E-state index in [4.69, 9.17) is 4.74 Å². The quantitative estimate of drug-likeness (QED) is 0.367. The molecule has 0 radical (unpaired) electrons. The second-order valence-electron chi connectivity index (χ2n) is 4.83. The van der Waals surface area contributed by atoms with Crippen LogP contribution in [0.1, 0.15) is 5.56 Å². The Morgan fingerprint density at radius 1 is 1.16 bits per heavy atom. The first-order valence-electron chi connectivity index (χ1n) is 7.32. The van der Waals surface area contributed by atoms with Crippen LogP contribution in [-0.2, 0) is 9.59 Å². The molecule has 0 aliphatic carbocycles. The fourth-order valence-electron chi connectivity index (χ4n) is 1.78. The molecule has 2 N–H and O–H groups in total. The van der Waals surface area contributed by atoms with Crippen molar-refractivity contribution in [3.05, 3.63) is 72.6 Å². The van der Waals surface area contributed by atoms with E-state index in [1.54, 1.807) is 30.3 Å². The summed E-state index contributed by atoms with van der Waals surface area (Å²) < 4.78 is 18.2. The van der Waals surface area contributed by atoms with Gasteiger partial charge in [0.15, 0.2) is 0 Å². The van der Waals surface area contributed by atoms with Gasteiger partial charge in [0.25, 0.3) is 0 Å². The second kappa shape index (κ2) is 8.97. The average molecular weight is 341 g/mol. The van der Waals surface area contributed by atoms with Gasteiger partial charge in [-0.1, -0.05) is 24.8 Å². The van der Waals surface area contributed by atoms with Crippen molar-refractivity contribution in [1.29, 1.82) is 0 Å². The monoisotopic (exact) mass is 341 g/mol. The molecule has 0 aliphatic rings. The zero-order valence-corrected chi connectivity index (χ0v) is 13.2. The van der Waals surface area contributed by atoms with Gasteiger partial charge in [0.05, 0.1) is 6.21 Å². The highest BCUT2D eigenvalue weighted by Crippen LogP contribution is 2.12. The van der Waals surface area contributed by atoms with Crippen molar-refractivity contribution >= 4 is 23.7 Å². The van der Waals surface area contributed by atoms with Gasteiger partial charge >= 0.3 is 11.8 Å². The Morgan fingerprint density at radius 2 is 1.92 bits per heavy atom. The van der Waals surface area contributed by atoms with Crippen molar-refractivity contribution in [3.8, 4) is 5.75 Å². The third-order valence-electron chi connectivity index (χ3n) is 2.91. The summed E-state index contributed by atoms with van der Waals surface area (Å²) in [6.07, 6.45) is 3.00. The number of hydrogen-bond acceptors (Lipinski definition) is 4. The zero-order chi connectivity index (χ0) is 18.1. The van der Waals surface area contributed by atoms with Gasteiger partial charge in [-0.3, -0.25) is 9.59 Å². The molecule has 2 aromatic rings. The predicted molar refractivity (Wildman–Crippen MR) is 92.9 cm³/mol. The number of ether oxygens (including phenoxy) is 1. The molecule has 2 amide bonds. The highest BCUT2D eigenvalue weighted by Gasteiger charge is 2.12. The summed E-state index contributed by atoms with van der Waals surface area (Å²) in [7, 11) is 0. The van der Waals surface area contributed by atoms with E-state index >= 15 is 0 Å². The Morgan fingerprint density at radius 3 is 2.64 bits per heavy atom. The molecular weight excluding hydrogens is 325 g/mol. The molecule has 0 atom stereocenters. The van der Waals surface area contributed by atoms with Crippen molar-refractivity contribution in [2.45, 2.75) is 0 Å². The van der Waals surface area contributed by atoms with Gasteiger partial charge in [0.1, 0.15) is 18.2 Å². The summed E-state index contributed by atoms with van der Waals surface area (Å²) in [5, 5.41) is 6.05. The molecule has 0 fully saturated rings. The number of halogens is 1. The summed E-state index contributed by atoms with van der Waals surface area (Å²) in [6.45, 7) is 3.94. The van der Waals surface area contributed by atoms with Crippen LogP contribution in [0.3, 0.4) is 0 Å². The smallest absolute Gasteiger partial charge is 0.329 e. The molecule has 0 saturated carbocycles. The van der Waals surface area contributed by atoms with E-state index in [0.717, 1.165) is 0 Å². The van der Waals surface area contributed by atoms with E-state index in [1.807, 2.05) is 0 Å². The minimum Gasteiger partial charge on any atom is -0.490 e. The van der Waals surface area contributed by atoms with Gasteiger partial charge in [-0.2, -0.15) is 5.10 Å². The van der Waals surface area contributed by atoms with E-state index in [2.05, 4.69) is 22.4 Å². The number of nitrogens with zero attached hydrogens (tertiary/aromatic N) is 1. The maximum absolute atomic E-state index is 12.8. The van der Waals surface area contributed by atoms with Gasteiger partial charge in [0.2, 0.25) is 0 Å². The van der Waals surface area contributed by atoms with Crippen molar-refractivity contribution in [2.24, 2.45) is 5.10 Å². The van der Waals surface area contributed by atoms with Crippen LogP contribution in [0.4, 0.5) is 10.1 Å². The molecule has 6 nitrogen and oxygen atoms in total. The van der Waals surface area contributed by atoms with E-state index in [0.29, 0.717) is 23.6 Å². The van der Waals surface area contributed by atoms with Gasteiger partial charge < -0.3 is 10.1 Å². The maximum atomic E-state index is 12.8. The first kappa shape index (κ1) is 17.9. The summed E-state index contributed by atoms with van der Waals surface area (Å²) in [6, 6.07) is 12.1. The fraction of sp³-hybridized carbons (Fsp3) is 0.0556. The van der Waals surface area contributed by atoms with Gasteiger partial charge in [0, 0.05) is 5.69 Å². The van der Waals surface area contributed by atoms with Crippen molar-refractivity contribution < 1.29 is 18.7 Å². The Bertz CT molecular complexity index is 788. The third-order valence-corrected chi connectivity index (χ3v) is 2.91. The molecule has 2 rings (SSSR count). The van der Waals surface area contributed by atoms with E-state index < -0.39 is 17.6 Å². The van der Waals surface area contributed by atoms with E-state index in [1.165, 1.54) is 30.5 Å². The molecule has 0 unspecified atom stereocenters. The molecular formula is C18H16FN3O3. The summed E-state index contributed by atoms with van der Waals surface area (Å²) in [5.74, 6) is -1.66. The second-order valence-corrected chi connectivity index (χ2v) is 4.83. The van der Waals surface area contributed by atoms with E-state index in [-0.39, 0.29) is 0 Å². The lowest BCUT2D eigenvalue weighted by atomic mass is 10.2. The summed E-state index contributed by atoms with van der Waals surface area (Å²) in [4.78, 5) is 23.4. The summed E-state index contributed by atoms with van der Waals surface area (Å²) in [5.41, 5.74) is 3.10. The highest BCUT2D eigenvalue weighted by atomic mass is 19.1. The number of amides is 2. The van der Waals surface area contributed by atoms with Crippen molar-refractivity contribution in [2.75, 3.05) is 11.9 Å². The van der Waals surface area contributed by atoms with Gasteiger partial charge in [-0.05, 0) is 42.0 Å². The Hall–Kier alpha value is -3.48. The molecule has 0 bridgehead atoms. The largest absolute Gasteiger partial charge is 0.490 e. The molecule has 2 aromatic carbocycles. The summed E-state index contributed by atoms with van der Waals surface area (Å²) >= 11 is 0. The van der Waals surface area contributed by atoms with Crippen molar-refractivity contribution in [1.82, 2.24) is 5.43 Å². The number of hydrazone groups is 1. The lowest BCUT2D eigenvalue weighted by Crippen LogP contribution is -2.32. The standard InChI is InChI=1S/C18H16FN3O3/c1-2-10-25-16-5-3-4-13(11-16)12-20-22-18(24)17(23)21-15-8-6-14(19)7-9-15/h2-9,11-12H,1,10H2,(H,21,23)(H,22,24)/b20-12-. The number of carbonyl (C=O) groups excluding carboxylic acids is 2. The Balaban J connectivity index is 1.88. The Kier molecular flexibility index (Phi) is 6.41. The van der Waals surface area contributed by atoms with Crippen LogP contribution < -0.4 is 15.5 Å². The Labute approximate surface area is 144 Å². The van der Waals surface area contributed by atoms with Crippen LogP contribution in [0, 0.1) is 5.82 Å². The lowest BCUT2D eigenvalue weighted by molar-refractivity contribution is -0.136. The van der Waals surface area contributed by atoms with Gasteiger partial charge in [-0.25, -0.2) is 9.82 Å². The van der Waals surface area contributed by atoms with Crippen LogP contribution in [0.2, 0.25) is 0 Å². The van der Waals surface area contributed by atoms with Crippen LogP contribution in [0.25, 0.3) is 0 Å². The molecule has 0 aromatic heterocycles. The topological polar surface area (TPSA) is 79.8 Å². The van der Waals surface area contributed by atoms with Crippen molar-refractivity contribution in [3.63, 3.8) is 0 Å². The molecule has 0 saturated heterocycles. The minimum absolute atomic E-state index is 0.303. The number of benzene rings is 2. The SMILES string of the molecule is C=CCOc1cccc(/C=N\NC(=O)C(=O)Nc2ccc(F)cc2)c1. The van der Waals surface area contributed by atoms with Crippen LogP contribution in [0.15, 0.2) is 66.3 Å². The molecule has 128 valence electrons.